The molecule has 3 saturated carbocycles. The maximum absolute atomic E-state index is 12.9. The second kappa shape index (κ2) is 8.22. The normalized spacial score (nSPS) is 44.8. The molecule has 0 saturated heterocycles. The Bertz CT molecular complexity index is 802. The summed E-state index contributed by atoms with van der Waals surface area (Å²) in [5.41, 5.74) is 0.230. The standard InChI is InChI=1S/C25H36O6/c1-4-5-21(30)31-20-11-17-16-7-6-14-10-15(27)8-9-24(14,2)22(16)18(28)12-25(17,3)23(20)19(29)13-26/h8-10,16-18,20-23,26,28,30H,4-7,11-13H2,1-3H3/t16-,17-,18-,20?,21?,22+,23-,24-,25-/m0/s1. The SMILES string of the molecule is CCCC(O)OC1C[C@H]2[C@@H]3CCC4=CC(=O)C=C[C@]4(C)[C@H]3[C@@H](O)C[C@]2(C)[C@H]1C(=O)CO. The Kier molecular flexibility index (Phi) is 6.05. The van der Waals surface area contributed by atoms with Crippen LogP contribution in [0.25, 0.3) is 0 Å². The summed E-state index contributed by atoms with van der Waals surface area (Å²) in [6.45, 7) is 5.58. The van der Waals surface area contributed by atoms with Gasteiger partial charge in [0.15, 0.2) is 17.9 Å². The molecule has 172 valence electrons. The minimum atomic E-state index is -0.931. The van der Waals surface area contributed by atoms with Gasteiger partial charge in [0.05, 0.1) is 18.1 Å². The topological polar surface area (TPSA) is 104 Å². The number of Topliss-reactive ketones (excluding diaryl/α,β-unsaturated/α-hetero) is 1. The number of carbonyl (C=O) groups excluding carboxylic acids is 2. The van der Waals surface area contributed by atoms with Crippen LogP contribution in [0.2, 0.25) is 0 Å². The van der Waals surface area contributed by atoms with Crippen LogP contribution in [0.15, 0.2) is 23.8 Å². The van der Waals surface area contributed by atoms with Crippen molar-refractivity contribution >= 4 is 11.6 Å². The van der Waals surface area contributed by atoms with Gasteiger partial charge in [-0.25, -0.2) is 0 Å². The number of hydrogen-bond donors (Lipinski definition) is 3. The lowest BCUT2D eigenvalue weighted by Crippen LogP contribution is -2.56. The van der Waals surface area contributed by atoms with Crippen LogP contribution in [-0.2, 0) is 14.3 Å². The van der Waals surface area contributed by atoms with Gasteiger partial charge in [0.1, 0.15) is 6.61 Å². The predicted octanol–water partition coefficient (Wildman–Crippen LogP) is 2.56. The summed E-state index contributed by atoms with van der Waals surface area (Å²) >= 11 is 0. The van der Waals surface area contributed by atoms with Crippen LogP contribution in [0.1, 0.15) is 59.3 Å². The fraction of sp³-hybridized carbons (Fsp3) is 0.760. The molecule has 0 radical (unpaired) electrons. The molecule has 9 atom stereocenters. The van der Waals surface area contributed by atoms with Crippen LogP contribution in [0.4, 0.5) is 0 Å². The summed E-state index contributed by atoms with van der Waals surface area (Å²) in [6.07, 6.45) is 7.32. The second-order valence-electron chi connectivity index (χ2n) is 10.6. The van der Waals surface area contributed by atoms with Crippen molar-refractivity contribution in [3.8, 4) is 0 Å². The Morgan fingerprint density at radius 1 is 1.35 bits per heavy atom. The van der Waals surface area contributed by atoms with Crippen molar-refractivity contribution in [3.05, 3.63) is 23.8 Å². The summed E-state index contributed by atoms with van der Waals surface area (Å²) in [5, 5.41) is 31.4. The third-order valence-corrected chi connectivity index (χ3v) is 8.87. The lowest BCUT2D eigenvalue weighted by atomic mass is 9.46. The maximum Gasteiger partial charge on any atom is 0.178 e. The van der Waals surface area contributed by atoms with E-state index in [0.29, 0.717) is 19.3 Å². The van der Waals surface area contributed by atoms with Gasteiger partial charge in [-0.05, 0) is 61.5 Å². The first-order valence-electron chi connectivity index (χ1n) is 11.7. The average molecular weight is 433 g/mol. The molecule has 4 aliphatic rings. The zero-order chi connectivity index (χ0) is 22.6. The van der Waals surface area contributed by atoms with Gasteiger partial charge in [-0.15, -0.1) is 0 Å². The Labute approximate surface area is 184 Å². The Balaban J connectivity index is 1.69. The van der Waals surface area contributed by atoms with Gasteiger partial charge in [-0.3, -0.25) is 9.59 Å². The molecule has 3 fully saturated rings. The van der Waals surface area contributed by atoms with Crippen molar-refractivity contribution in [2.75, 3.05) is 6.61 Å². The number of ether oxygens (including phenoxy) is 1. The van der Waals surface area contributed by atoms with Crippen LogP contribution < -0.4 is 0 Å². The number of carbonyl (C=O) groups is 2. The molecule has 0 aromatic rings. The molecular weight excluding hydrogens is 396 g/mol. The molecule has 0 aromatic carbocycles. The summed E-state index contributed by atoms with van der Waals surface area (Å²) in [6, 6.07) is 0. The highest BCUT2D eigenvalue weighted by atomic mass is 16.6. The minimum Gasteiger partial charge on any atom is -0.393 e. The number of allylic oxidation sites excluding steroid dienone is 4. The predicted molar refractivity (Wildman–Crippen MR) is 115 cm³/mol. The quantitative estimate of drug-likeness (QED) is 0.557. The molecule has 6 nitrogen and oxygen atoms in total. The van der Waals surface area contributed by atoms with Gasteiger partial charge in [-0.2, -0.15) is 0 Å². The van der Waals surface area contributed by atoms with Crippen LogP contribution in [-0.4, -0.2) is 52.0 Å². The highest BCUT2D eigenvalue weighted by Crippen LogP contribution is 2.66. The molecule has 31 heavy (non-hydrogen) atoms. The van der Waals surface area contributed by atoms with Crippen molar-refractivity contribution in [1.82, 2.24) is 0 Å². The first-order valence-corrected chi connectivity index (χ1v) is 11.7. The van der Waals surface area contributed by atoms with Gasteiger partial charge in [0, 0.05) is 11.3 Å². The Morgan fingerprint density at radius 2 is 2.10 bits per heavy atom. The number of aliphatic hydroxyl groups excluding tert-OH is 3. The summed E-state index contributed by atoms with van der Waals surface area (Å²) in [5.74, 6) is -0.509. The molecule has 4 aliphatic carbocycles. The lowest BCUT2D eigenvalue weighted by molar-refractivity contribution is -0.166. The van der Waals surface area contributed by atoms with Crippen molar-refractivity contribution in [1.29, 1.82) is 0 Å². The molecule has 6 heteroatoms. The second-order valence-corrected chi connectivity index (χ2v) is 10.6. The number of rotatable bonds is 6. The highest BCUT2D eigenvalue weighted by Gasteiger charge is 2.65. The van der Waals surface area contributed by atoms with E-state index in [1.165, 1.54) is 0 Å². The zero-order valence-corrected chi connectivity index (χ0v) is 18.8. The molecule has 0 aromatic heterocycles. The average Bonchev–Trinajstić information content (AvgIpc) is 2.99. The molecule has 0 bridgehead atoms. The molecule has 0 amide bonds. The van der Waals surface area contributed by atoms with Crippen molar-refractivity contribution in [2.45, 2.75) is 77.8 Å². The van der Waals surface area contributed by atoms with Crippen LogP contribution in [0.3, 0.4) is 0 Å². The van der Waals surface area contributed by atoms with E-state index in [0.717, 1.165) is 24.8 Å². The molecular formula is C25H36O6. The smallest absolute Gasteiger partial charge is 0.178 e. The van der Waals surface area contributed by atoms with E-state index in [1.54, 1.807) is 12.2 Å². The Hall–Kier alpha value is -1.34. The first kappa shape index (κ1) is 22.8. The summed E-state index contributed by atoms with van der Waals surface area (Å²) in [4.78, 5) is 24.8. The van der Waals surface area contributed by atoms with Crippen molar-refractivity contribution in [3.63, 3.8) is 0 Å². The fourth-order valence-corrected chi connectivity index (χ4v) is 7.64. The number of ketones is 2. The van der Waals surface area contributed by atoms with Gasteiger partial charge < -0.3 is 20.1 Å². The summed E-state index contributed by atoms with van der Waals surface area (Å²) in [7, 11) is 0. The molecule has 0 aliphatic heterocycles. The molecule has 2 unspecified atom stereocenters. The fourth-order valence-electron chi connectivity index (χ4n) is 7.64. The van der Waals surface area contributed by atoms with Crippen molar-refractivity contribution < 1.29 is 29.6 Å². The largest absolute Gasteiger partial charge is 0.393 e. The van der Waals surface area contributed by atoms with E-state index in [9.17, 15) is 24.9 Å². The first-order chi connectivity index (χ1) is 14.7. The van der Waals surface area contributed by atoms with E-state index >= 15 is 0 Å². The molecule has 0 heterocycles. The van der Waals surface area contributed by atoms with E-state index in [2.05, 4.69) is 13.8 Å². The monoisotopic (exact) mass is 432 g/mol. The van der Waals surface area contributed by atoms with Crippen molar-refractivity contribution in [2.24, 2.45) is 34.5 Å². The van der Waals surface area contributed by atoms with E-state index in [4.69, 9.17) is 4.74 Å². The van der Waals surface area contributed by atoms with Gasteiger partial charge in [0.2, 0.25) is 0 Å². The Morgan fingerprint density at radius 3 is 2.77 bits per heavy atom. The number of fused-ring (bicyclic) bond motifs is 5. The van der Waals surface area contributed by atoms with Gasteiger partial charge in [-0.1, -0.05) is 38.8 Å². The number of hydrogen-bond acceptors (Lipinski definition) is 6. The van der Waals surface area contributed by atoms with Crippen LogP contribution in [0, 0.1) is 34.5 Å². The molecule has 0 spiro atoms. The van der Waals surface area contributed by atoms with Crippen LogP contribution in [0.5, 0.6) is 0 Å². The highest BCUT2D eigenvalue weighted by molar-refractivity contribution is 6.01. The number of aliphatic hydroxyl groups is 3. The lowest BCUT2D eigenvalue weighted by Gasteiger charge is -2.58. The molecule has 4 rings (SSSR count). The van der Waals surface area contributed by atoms with Gasteiger partial charge >= 0.3 is 0 Å². The van der Waals surface area contributed by atoms with Crippen LogP contribution >= 0.6 is 0 Å². The maximum atomic E-state index is 12.9. The summed E-state index contributed by atoms with van der Waals surface area (Å²) < 4.78 is 5.98. The molecule has 3 N–H and O–H groups in total. The van der Waals surface area contributed by atoms with E-state index < -0.39 is 36.4 Å². The van der Waals surface area contributed by atoms with Gasteiger partial charge in [0.25, 0.3) is 0 Å². The zero-order valence-electron chi connectivity index (χ0n) is 18.8. The van der Waals surface area contributed by atoms with E-state index in [1.807, 2.05) is 13.0 Å². The third-order valence-electron chi connectivity index (χ3n) is 8.87. The minimum absolute atomic E-state index is 0.00825. The van der Waals surface area contributed by atoms with E-state index in [-0.39, 0.29) is 34.7 Å². The third kappa shape index (κ3) is 3.56.